The smallest absolute Gasteiger partial charge is 0.253 e. The summed E-state index contributed by atoms with van der Waals surface area (Å²) in [5.74, 6) is -1.01. The van der Waals surface area contributed by atoms with Crippen LogP contribution in [0.25, 0.3) is 32.5 Å². The lowest BCUT2D eigenvalue weighted by Crippen LogP contribution is -2.58. The number of hydrogen-bond acceptors (Lipinski definition) is 10. The van der Waals surface area contributed by atoms with E-state index in [-0.39, 0.29) is 42.3 Å². The number of ether oxygens (including phenoxy) is 1. The molecule has 3 aromatic carbocycles. The van der Waals surface area contributed by atoms with Gasteiger partial charge in [0.2, 0.25) is 17.7 Å². The fourth-order valence-corrected chi connectivity index (χ4v) is 11.9. The minimum absolute atomic E-state index is 0.145. The number of fused-ring (bicyclic) bond motifs is 1. The van der Waals surface area contributed by atoms with Gasteiger partial charge < -0.3 is 35.1 Å². The molecule has 0 spiro atoms. The van der Waals surface area contributed by atoms with Crippen LogP contribution in [-0.2, 0) is 38.8 Å². The van der Waals surface area contributed by atoms with E-state index in [4.69, 9.17) is 4.74 Å². The van der Waals surface area contributed by atoms with Crippen molar-refractivity contribution >= 4 is 45.9 Å². The molecular formula is C59H73N9O6S. The third-order valence-corrected chi connectivity index (χ3v) is 16.3. The minimum Gasteiger partial charge on any atom is -0.370 e. The molecule has 396 valence electrons. The van der Waals surface area contributed by atoms with Gasteiger partial charge in [0.05, 0.1) is 22.7 Å². The maximum atomic E-state index is 14.1. The van der Waals surface area contributed by atoms with E-state index < -0.39 is 17.5 Å². The van der Waals surface area contributed by atoms with Crippen molar-refractivity contribution in [2.24, 2.45) is 5.41 Å². The van der Waals surface area contributed by atoms with Crippen molar-refractivity contribution < 1.29 is 23.9 Å². The van der Waals surface area contributed by atoms with Crippen LogP contribution in [0.3, 0.4) is 0 Å². The van der Waals surface area contributed by atoms with Gasteiger partial charge in [0.1, 0.15) is 18.7 Å². The quantitative estimate of drug-likeness (QED) is 0.0622. The van der Waals surface area contributed by atoms with Crippen LogP contribution in [0.1, 0.15) is 109 Å². The molecule has 2 atom stereocenters. The number of aromatic nitrogens is 3. The molecule has 75 heavy (non-hydrogen) atoms. The van der Waals surface area contributed by atoms with Crippen LogP contribution in [0.4, 0.5) is 0 Å². The molecule has 0 radical (unpaired) electrons. The standard InChI is InChI=1S/C59H73N9O6S/c1-38-30-39(2)63-56(71)49(38)34-61-55(70)48-31-45(32-51-47(48)21-23-67(51)46-10-7-8-11-46)43-17-15-42(16-18-43)35-66-26-24-65(25-27-66)28-29-74-36-52(69)64-54(59(4,5)6)58(73)68-22-9-12-50(68)57(72)60-33-41-13-19-44(20-14-41)53-40(3)62-37-75-53/h13-21,23,30-32,37,46,50,54H,7-12,22,24-29,33-36H2,1-6H3,(H,60,72)(H,61,70)(H,63,71)(H,64,69)/t50-,54?/m0/s1. The van der Waals surface area contributed by atoms with Gasteiger partial charge in [0, 0.05) is 98.9 Å². The molecule has 2 aliphatic heterocycles. The number of likely N-dealkylation sites (tertiary alicyclic amines) is 1. The fourth-order valence-electron chi connectivity index (χ4n) is 11.1. The molecule has 4 amide bonds. The molecule has 2 saturated heterocycles. The topological polar surface area (TPSA) is 174 Å². The highest BCUT2D eigenvalue weighted by atomic mass is 32.1. The molecule has 3 aromatic heterocycles. The van der Waals surface area contributed by atoms with E-state index in [1.807, 2.05) is 83.5 Å². The van der Waals surface area contributed by atoms with Crippen molar-refractivity contribution in [3.05, 3.63) is 134 Å². The fraction of sp³-hybridized carbons (Fsp3) is 0.458. The number of carbonyl (C=O) groups is 4. The lowest BCUT2D eigenvalue weighted by molar-refractivity contribution is -0.144. The molecule has 9 rings (SSSR count). The van der Waals surface area contributed by atoms with Gasteiger partial charge in [0.25, 0.3) is 11.5 Å². The first-order valence-corrected chi connectivity index (χ1v) is 27.6. The monoisotopic (exact) mass is 1040 g/mol. The van der Waals surface area contributed by atoms with E-state index in [2.05, 4.69) is 82.9 Å². The van der Waals surface area contributed by atoms with Crippen molar-refractivity contribution in [3.8, 4) is 21.6 Å². The number of nitrogens with zero attached hydrogens (tertiary/aromatic N) is 5. The van der Waals surface area contributed by atoms with Gasteiger partial charge in [-0.1, -0.05) is 82.1 Å². The van der Waals surface area contributed by atoms with Crippen LogP contribution in [0, 0.1) is 26.2 Å². The largest absolute Gasteiger partial charge is 0.370 e. The molecule has 3 aliphatic rings. The zero-order valence-corrected chi connectivity index (χ0v) is 45.2. The highest BCUT2D eigenvalue weighted by Gasteiger charge is 2.42. The van der Waals surface area contributed by atoms with E-state index in [1.54, 1.807) is 16.2 Å². The highest BCUT2D eigenvalue weighted by Crippen LogP contribution is 2.36. The Hall–Kier alpha value is -6.46. The number of H-pyrrole nitrogens is 1. The van der Waals surface area contributed by atoms with E-state index in [0.717, 1.165) is 101 Å². The Morgan fingerprint density at radius 3 is 2.20 bits per heavy atom. The summed E-state index contributed by atoms with van der Waals surface area (Å²) in [5, 5.41) is 9.96. The van der Waals surface area contributed by atoms with Crippen LogP contribution in [0.15, 0.2) is 89.3 Å². The Bertz CT molecular complexity index is 3050. The number of nitrogens with one attached hydrogen (secondary N) is 4. The predicted octanol–water partition coefficient (Wildman–Crippen LogP) is 8.06. The Morgan fingerprint density at radius 1 is 0.800 bits per heavy atom. The third kappa shape index (κ3) is 12.8. The maximum Gasteiger partial charge on any atom is 0.253 e. The first-order chi connectivity index (χ1) is 36.1. The number of benzene rings is 3. The van der Waals surface area contributed by atoms with Crippen molar-refractivity contribution in [1.29, 1.82) is 0 Å². The third-order valence-electron chi connectivity index (χ3n) is 15.3. The summed E-state index contributed by atoms with van der Waals surface area (Å²) in [7, 11) is 0. The molecule has 4 N–H and O–H groups in total. The second-order valence-electron chi connectivity index (χ2n) is 21.8. The van der Waals surface area contributed by atoms with Crippen molar-refractivity contribution in [1.82, 2.24) is 45.2 Å². The van der Waals surface area contributed by atoms with Crippen molar-refractivity contribution in [2.75, 3.05) is 52.5 Å². The van der Waals surface area contributed by atoms with Gasteiger partial charge in [0.15, 0.2) is 0 Å². The first-order valence-electron chi connectivity index (χ1n) is 26.7. The zero-order chi connectivity index (χ0) is 52.8. The molecule has 0 bridgehead atoms. The number of carbonyl (C=O) groups excluding carboxylic acids is 4. The number of pyridine rings is 1. The lowest BCUT2D eigenvalue weighted by atomic mass is 9.85. The van der Waals surface area contributed by atoms with Gasteiger partial charge in [-0.05, 0) is 110 Å². The molecule has 5 heterocycles. The van der Waals surface area contributed by atoms with Crippen LogP contribution >= 0.6 is 11.3 Å². The number of aryl methyl sites for hydroxylation is 3. The minimum atomic E-state index is -0.821. The summed E-state index contributed by atoms with van der Waals surface area (Å²) in [6, 6.07) is 23.9. The van der Waals surface area contributed by atoms with Gasteiger partial charge in [-0.15, -0.1) is 11.3 Å². The van der Waals surface area contributed by atoms with E-state index >= 15 is 0 Å². The number of aromatic amines is 1. The summed E-state index contributed by atoms with van der Waals surface area (Å²) < 4.78 is 8.23. The van der Waals surface area contributed by atoms with Gasteiger partial charge in [-0.2, -0.15) is 0 Å². The average Bonchev–Trinajstić information content (AvgIpc) is 4.25. The normalized spacial score (nSPS) is 17.1. The SMILES string of the molecule is Cc1cc(C)c(CNC(=O)c2cc(-c3ccc(CN4CCN(CCOCC(=O)NC(C(=O)N5CCC[C@H]5C(=O)NCc5ccc(-c6scnc6C)cc5)C(C)(C)C)CC4)cc3)cc3c2ccn3C2CCCC2)c(=O)[nH]1. The van der Waals surface area contributed by atoms with Crippen LogP contribution in [-0.4, -0.2) is 117 Å². The molecule has 15 nitrogen and oxygen atoms in total. The molecule has 1 unspecified atom stereocenters. The maximum absolute atomic E-state index is 14.1. The predicted molar refractivity (Wildman–Crippen MR) is 295 cm³/mol. The average molecular weight is 1040 g/mol. The second-order valence-corrected chi connectivity index (χ2v) is 22.7. The van der Waals surface area contributed by atoms with Crippen LogP contribution < -0.4 is 21.5 Å². The zero-order valence-electron chi connectivity index (χ0n) is 44.4. The Kier molecular flexibility index (Phi) is 16.8. The number of thiazole rings is 1. The van der Waals surface area contributed by atoms with Gasteiger partial charge in [-0.3, -0.25) is 33.8 Å². The van der Waals surface area contributed by atoms with Crippen LogP contribution in [0.5, 0.6) is 0 Å². The number of hydrogen-bond donors (Lipinski definition) is 4. The Morgan fingerprint density at radius 2 is 1.51 bits per heavy atom. The van der Waals surface area contributed by atoms with Gasteiger partial charge in [-0.25, -0.2) is 4.98 Å². The molecule has 1 aliphatic carbocycles. The summed E-state index contributed by atoms with van der Waals surface area (Å²) in [6.07, 6.45) is 8.07. The van der Waals surface area contributed by atoms with E-state index in [1.165, 1.54) is 18.4 Å². The van der Waals surface area contributed by atoms with E-state index in [9.17, 15) is 24.0 Å². The molecule has 16 heteroatoms. The Balaban J connectivity index is 0.729. The summed E-state index contributed by atoms with van der Waals surface area (Å²) in [6.45, 7) is 17.8. The number of amides is 4. The Labute approximate surface area is 444 Å². The van der Waals surface area contributed by atoms with Crippen LogP contribution in [0.2, 0.25) is 0 Å². The summed E-state index contributed by atoms with van der Waals surface area (Å²) in [5.41, 5.74) is 11.2. The molecule has 3 fully saturated rings. The van der Waals surface area contributed by atoms with Gasteiger partial charge >= 0.3 is 0 Å². The molecule has 1 saturated carbocycles. The summed E-state index contributed by atoms with van der Waals surface area (Å²) in [4.78, 5) is 82.4. The van der Waals surface area contributed by atoms with E-state index in [0.29, 0.717) is 56.3 Å². The molecule has 6 aromatic rings. The number of rotatable bonds is 18. The summed E-state index contributed by atoms with van der Waals surface area (Å²) >= 11 is 1.60. The highest BCUT2D eigenvalue weighted by molar-refractivity contribution is 7.13. The second kappa shape index (κ2) is 23.6. The lowest BCUT2D eigenvalue weighted by Gasteiger charge is -2.35. The molecular weight excluding hydrogens is 963 g/mol. The first kappa shape index (κ1) is 53.4. The number of piperazine rings is 1. The van der Waals surface area contributed by atoms with Crippen molar-refractivity contribution in [3.63, 3.8) is 0 Å². The van der Waals surface area contributed by atoms with Crippen molar-refractivity contribution in [2.45, 2.75) is 118 Å².